The Morgan fingerprint density at radius 3 is 2.81 bits per heavy atom. The van der Waals surface area contributed by atoms with E-state index in [9.17, 15) is 14.0 Å². The third kappa shape index (κ3) is 2.08. The molecule has 0 fully saturated rings. The van der Waals surface area contributed by atoms with Gasteiger partial charge in [0.2, 0.25) is 0 Å². The number of fused-ring (bicyclic) bond motifs is 1. The molecule has 0 aliphatic rings. The van der Waals surface area contributed by atoms with Gasteiger partial charge in [0.1, 0.15) is 17.0 Å². The molecule has 2 aromatic heterocycles. The number of pyridine rings is 1. The minimum absolute atomic E-state index is 0.137. The predicted molar refractivity (Wildman–Crippen MR) is 75.0 cm³/mol. The maximum absolute atomic E-state index is 13.7. The summed E-state index contributed by atoms with van der Waals surface area (Å²) in [5.41, 5.74) is 0.766. The summed E-state index contributed by atoms with van der Waals surface area (Å²) in [6, 6.07) is 7.50. The van der Waals surface area contributed by atoms with Crippen LogP contribution in [0.25, 0.3) is 16.7 Å². The first-order valence-corrected chi connectivity index (χ1v) is 6.19. The lowest BCUT2D eigenvalue weighted by molar-refractivity contribution is 0.0958. The van der Waals surface area contributed by atoms with E-state index in [0.717, 1.165) is 0 Å². The molecule has 3 rings (SSSR count). The summed E-state index contributed by atoms with van der Waals surface area (Å²) in [5.74, 6) is -0.822. The van der Waals surface area contributed by atoms with E-state index in [0.29, 0.717) is 11.2 Å². The fraction of sp³-hybridized carbons (Fsp3) is 0.0714. The third-order valence-corrected chi connectivity index (χ3v) is 3.13. The highest BCUT2D eigenvalue weighted by molar-refractivity contribution is 5.92. The molecule has 2 N–H and O–H groups in total. The second-order valence-electron chi connectivity index (χ2n) is 4.38. The van der Waals surface area contributed by atoms with Crippen molar-refractivity contribution in [3.63, 3.8) is 0 Å². The van der Waals surface area contributed by atoms with Crippen molar-refractivity contribution >= 4 is 16.9 Å². The number of imidazole rings is 1. The Morgan fingerprint density at radius 2 is 2.14 bits per heavy atom. The molecule has 0 aliphatic heterocycles. The molecule has 0 atom stereocenters. The van der Waals surface area contributed by atoms with Gasteiger partial charge in [0, 0.05) is 7.05 Å². The molecule has 2 heterocycles. The number of amides is 1. The van der Waals surface area contributed by atoms with Crippen LogP contribution in [0.4, 0.5) is 4.39 Å². The number of hydrogen-bond donors (Lipinski definition) is 2. The Labute approximate surface area is 118 Å². The topological polar surface area (TPSA) is 79.8 Å². The first kappa shape index (κ1) is 13.0. The number of nitrogens with one attached hydrogen (secondary N) is 2. The van der Waals surface area contributed by atoms with E-state index in [1.807, 2.05) is 0 Å². The maximum atomic E-state index is 13.7. The largest absolute Gasteiger partial charge is 0.354 e. The molecule has 1 amide bonds. The molecule has 3 aromatic rings. The molecular formula is C14H11FN4O2. The summed E-state index contributed by atoms with van der Waals surface area (Å²) in [7, 11) is 1.50. The van der Waals surface area contributed by atoms with E-state index in [1.165, 1.54) is 36.0 Å². The van der Waals surface area contributed by atoms with E-state index < -0.39 is 11.5 Å². The van der Waals surface area contributed by atoms with Gasteiger partial charge in [-0.1, -0.05) is 6.07 Å². The molecule has 7 heteroatoms. The van der Waals surface area contributed by atoms with Crippen molar-refractivity contribution in [2.24, 2.45) is 0 Å². The molecule has 21 heavy (non-hydrogen) atoms. The smallest absolute Gasteiger partial charge is 0.331 e. The van der Waals surface area contributed by atoms with Gasteiger partial charge in [-0.15, -0.1) is 0 Å². The van der Waals surface area contributed by atoms with Crippen molar-refractivity contribution < 1.29 is 9.18 Å². The Kier molecular flexibility index (Phi) is 3.02. The molecule has 0 radical (unpaired) electrons. The van der Waals surface area contributed by atoms with Gasteiger partial charge in [-0.2, -0.15) is 0 Å². The number of benzene rings is 1. The van der Waals surface area contributed by atoms with Crippen LogP contribution in [0.5, 0.6) is 0 Å². The molecule has 1 aromatic carbocycles. The van der Waals surface area contributed by atoms with Crippen molar-refractivity contribution in [2.75, 3.05) is 7.05 Å². The van der Waals surface area contributed by atoms with Crippen molar-refractivity contribution in [3.05, 3.63) is 58.5 Å². The van der Waals surface area contributed by atoms with Crippen molar-refractivity contribution in [1.82, 2.24) is 19.9 Å². The highest BCUT2D eigenvalue weighted by Gasteiger charge is 2.12. The number of carbonyl (C=O) groups excluding carboxylic acids is 1. The van der Waals surface area contributed by atoms with Gasteiger partial charge in [-0.3, -0.25) is 9.36 Å². The van der Waals surface area contributed by atoms with Crippen LogP contribution in [0.1, 0.15) is 10.5 Å². The molecule has 6 nitrogen and oxygen atoms in total. The van der Waals surface area contributed by atoms with Gasteiger partial charge in [0.05, 0.1) is 17.4 Å². The lowest BCUT2D eigenvalue weighted by atomic mass is 10.3. The van der Waals surface area contributed by atoms with Crippen LogP contribution in [0.15, 0.2) is 41.3 Å². The standard InChI is InChI=1S/C14H11FN4O2/c1-16-13(20)10-6-5-8(7-17-10)19-11-4-2-3-9(15)12(11)18-14(19)21/h2-7H,1H3,(H,16,20)(H,18,21). The first-order chi connectivity index (χ1) is 10.1. The lowest BCUT2D eigenvalue weighted by Gasteiger charge is -2.04. The van der Waals surface area contributed by atoms with Crippen LogP contribution in [-0.4, -0.2) is 27.5 Å². The molecular weight excluding hydrogens is 275 g/mol. The van der Waals surface area contributed by atoms with E-state index in [4.69, 9.17) is 0 Å². The fourth-order valence-electron chi connectivity index (χ4n) is 2.13. The number of halogens is 1. The summed E-state index contributed by atoms with van der Waals surface area (Å²) < 4.78 is 15.0. The highest BCUT2D eigenvalue weighted by atomic mass is 19.1. The predicted octanol–water partition coefficient (Wildman–Crippen LogP) is 1.21. The average Bonchev–Trinajstić information content (AvgIpc) is 2.84. The van der Waals surface area contributed by atoms with Crippen LogP contribution >= 0.6 is 0 Å². The van der Waals surface area contributed by atoms with Gasteiger partial charge in [-0.25, -0.2) is 14.2 Å². The van der Waals surface area contributed by atoms with Crippen LogP contribution < -0.4 is 11.0 Å². The third-order valence-electron chi connectivity index (χ3n) is 3.13. The van der Waals surface area contributed by atoms with Crippen LogP contribution in [0, 0.1) is 5.82 Å². The molecule has 0 saturated carbocycles. The second-order valence-corrected chi connectivity index (χ2v) is 4.38. The number of carbonyl (C=O) groups is 1. The minimum Gasteiger partial charge on any atom is -0.354 e. The van der Waals surface area contributed by atoms with E-state index in [-0.39, 0.29) is 17.1 Å². The zero-order valence-corrected chi connectivity index (χ0v) is 11.1. The Morgan fingerprint density at radius 1 is 1.33 bits per heavy atom. The van der Waals surface area contributed by atoms with Gasteiger partial charge in [0.15, 0.2) is 0 Å². The van der Waals surface area contributed by atoms with E-state index >= 15 is 0 Å². The van der Waals surface area contributed by atoms with Gasteiger partial charge >= 0.3 is 5.69 Å². The number of hydrogen-bond acceptors (Lipinski definition) is 3. The van der Waals surface area contributed by atoms with Crippen LogP contribution in [-0.2, 0) is 0 Å². The van der Waals surface area contributed by atoms with Gasteiger partial charge in [-0.05, 0) is 24.3 Å². The van der Waals surface area contributed by atoms with Gasteiger partial charge < -0.3 is 10.3 Å². The molecule has 0 unspecified atom stereocenters. The Balaban J connectivity index is 2.17. The minimum atomic E-state index is -0.502. The number of aromatic amines is 1. The summed E-state index contributed by atoms with van der Waals surface area (Å²) in [4.78, 5) is 29.9. The van der Waals surface area contributed by atoms with Crippen LogP contribution in [0.3, 0.4) is 0 Å². The number of nitrogens with zero attached hydrogens (tertiary/aromatic N) is 2. The van der Waals surface area contributed by atoms with E-state index in [1.54, 1.807) is 12.1 Å². The zero-order chi connectivity index (χ0) is 15.0. The molecule has 0 bridgehead atoms. The second kappa shape index (κ2) is 4.86. The number of H-pyrrole nitrogens is 1. The van der Waals surface area contributed by atoms with E-state index in [2.05, 4.69) is 15.3 Å². The number of aromatic nitrogens is 3. The quantitative estimate of drug-likeness (QED) is 0.743. The van der Waals surface area contributed by atoms with Crippen molar-refractivity contribution in [3.8, 4) is 5.69 Å². The summed E-state index contributed by atoms with van der Waals surface area (Å²) >= 11 is 0. The summed E-state index contributed by atoms with van der Waals surface area (Å²) in [5, 5.41) is 2.46. The maximum Gasteiger partial charge on any atom is 0.331 e. The van der Waals surface area contributed by atoms with Crippen LogP contribution in [0.2, 0.25) is 0 Å². The monoisotopic (exact) mass is 286 g/mol. The Bertz CT molecular complexity index is 880. The zero-order valence-electron chi connectivity index (χ0n) is 11.1. The fourth-order valence-corrected chi connectivity index (χ4v) is 2.13. The lowest BCUT2D eigenvalue weighted by Crippen LogP contribution is -2.20. The summed E-state index contributed by atoms with van der Waals surface area (Å²) in [6.45, 7) is 0. The average molecular weight is 286 g/mol. The first-order valence-electron chi connectivity index (χ1n) is 6.19. The number of para-hydroxylation sites is 1. The molecule has 0 spiro atoms. The Hall–Kier alpha value is -2.96. The molecule has 0 saturated heterocycles. The molecule has 0 aliphatic carbocycles. The van der Waals surface area contributed by atoms with Gasteiger partial charge in [0.25, 0.3) is 5.91 Å². The molecule has 106 valence electrons. The summed E-state index contributed by atoms with van der Waals surface area (Å²) in [6.07, 6.45) is 1.39. The van der Waals surface area contributed by atoms with Crippen molar-refractivity contribution in [2.45, 2.75) is 0 Å². The number of rotatable bonds is 2. The normalized spacial score (nSPS) is 10.8. The van der Waals surface area contributed by atoms with Crippen molar-refractivity contribution in [1.29, 1.82) is 0 Å². The highest BCUT2D eigenvalue weighted by Crippen LogP contribution is 2.17. The SMILES string of the molecule is CNC(=O)c1ccc(-n2c(=O)[nH]c3c(F)cccc32)cn1.